The van der Waals surface area contributed by atoms with Gasteiger partial charge in [-0.15, -0.1) is 24.8 Å². The Hall–Kier alpha value is -3.00. The van der Waals surface area contributed by atoms with Crippen molar-refractivity contribution in [3.05, 3.63) is 76.4 Å². The molecule has 0 fully saturated rings. The summed E-state index contributed by atoms with van der Waals surface area (Å²) in [6.07, 6.45) is 0.767. The molecule has 0 radical (unpaired) electrons. The van der Waals surface area contributed by atoms with Gasteiger partial charge in [0.25, 0.3) is 5.91 Å². The number of anilines is 1. The average Bonchev–Trinajstić information content (AvgIpc) is 2.75. The van der Waals surface area contributed by atoms with Crippen molar-refractivity contribution < 1.29 is 14.7 Å². The predicted molar refractivity (Wildman–Crippen MR) is 139 cm³/mol. The molecule has 0 spiro atoms. The van der Waals surface area contributed by atoms with Crippen LogP contribution in [0.4, 0.5) is 5.69 Å². The van der Waals surface area contributed by atoms with E-state index in [4.69, 9.17) is 10.7 Å². The maximum absolute atomic E-state index is 13.0. The molecule has 7 nitrogen and oxygen atoms in total. The van der Waals surface area contributed by atoms with Crippen molar-refractivity contribution >= 4 is 42.4 Å². The summed E-state index contributed by atoms with van der Waals surface area (Å²) in [6, 6.07) is 12.3. The molecule has 0 unspecified atom stereocenters. The van der Waals surface area contributed by atoms with Gasteiger partial charge in [0, 0.05) is 17.8 Å². The lowest BCUT2D eigenvalue weighted by Gasteiger charge is -2.21. The summed E-state index contributed by atoms with van der Waals surface area (Å²) < 4.78 is 0. The van der Waals surface area contributed by atoms with Crippen LogP contribution in [0.1, 0.15) is 57.3 Å². The molecule has 0 aliphatic rings. The zero-order valence-corrected chi connectivity index (χ0v) is 21.2. The van der Waals surface area contributed by atoms with E-state index in [0.29, 0.717) is 17.3 Å². The first-order chi connectivity index (χ1) is 15.2. The molecule has 1 amide bonds. The zero-order chi connectivity index (χ0) is 23.4. The van der Waals surface area contributed by atoms with Crippen molar-refractivity contribution in [3.63, 3.8) is 0 Å². The van der Waals surface area contributed by atoms with Crippen LogP contribution in [0.25, 0.3) is 11.1 Å². The Bertz CT molecular complexity index is 1170. The van der Waals surface area contributed by atoms with Gasteiger partial charge in [-0.3, -0.25) is 9.78 Å². The Morgan fingerprint density at radius 2 is 1.62 bits per heavy atom. The van der Waals surface area contributed by atoms with E-state index in [1.807, 2.05) is 38.1 Å². The van der Waals surface area contributed by atoms with Gasteiger partial charge in [-0.2, -0.15) is 0 Å². The monoisotopic (exact) mass is 504 g/mol. The number of rotatable bonds is 7. The second-order valence-electron chi connectivity index (χ2n) is 8.21. The van der Waals surface area contributed by atoms with Crippen molar-refractivity contribution in [2.24, 2.45) is 11.7 Å². The number of aromatic carboxylic acids is 1. The number of nitrogens with zero attached hydrogens (tertiary/aromatic N) is 2. The number of carbonyl (C=O) groups is 2. The van der Waals surface area contributed by atoms with E-state index in [1.54, 1.807) is 0 Å². The number of aryl methyl sites for hydroxylation is 2. The highest BCUT2D eigenvalue weighted by Crippen LogP contribution is 2.36. The van der Waals surface area contributed by atoms with Gasteiger partial charge in [0.1, 0.15) is 11.4 Å². The lowest BCUT2D eigenvalue weighted by atomic mass is 9.92. The summed E-state index contributed by atoms with van der Waals surface area (Å²) in [5.41, 5.74) is 11.9. The third-order valence-corrected chi connectivity index (χ3v) is 5.15. The van der Waals surface area contributed by atoms with Crippen molar-refractivity contribution in [1.29, 1.82) is 0 Å². The minimum atomic E-state index is -1.19. The third-order valence-electron chi connectivity index (χ3n) is 5.15. The molecule has 0 bridgehead atoms. The highest BCUT2D eigenvalue weighted by atomic mass is 35.5. The fourth-order valence-electron chi connectivity index (χ4n) is 3.63. The highest BCUT2D eigenvalue weighted by molar-refractivity contribution is 6.06. The Kier molecular flexibility index (Phi) is 10.6. The topological polar surface area (TPSA) is 118 Å². The summed E-state index contributed by atoms with van der Waals surface area (Å²) in [5.74, 6) is -1.31. The number of nitrogens with two attached hydrogens (primary N) is 1. The quantitative estimate of drug-likeness (QED) is 0.406. The SMILES string of the molecule is Cc1ccc(-c2c(CN)c(CC(C)C)nc(C)c2NC(=O)c2cccc(C(=O)O)n2)cc1.Cl.Cl. The molecular formula is C25H30Cl2N4O3. The molecule has 182 valence electrons. The van der Waals surface area contributed by atoms with Gasteiger partial charge >= 0.3 is 5.97 Å². The smallest absolute Gasteiger partial charge is 0.354 e. The normalized spacial score (nSPS) is 10.3. The number of aromatic nitrogens is 2. The summed E-state index contributed by atoms with van der Waals surface area (Å²) in [5, 5.41) is 12.1. The number of halogens is 2. The fraction of sp³-hybridized carbons (Fsp3) is 0.280. The number of carboxylic acid groups (broad SMARTS) is 1. The first-order valence-corrected chi connectivity index (χ1v) is 10.5. The lowest BCUT2D eigenvalue weighted by molar-refractivity contribution is 0.0690. The van der Waals surface area contributed by atoms with Crippen LogP contribution in [0.2, 0.25) is 0 Å². The summed E-state index contributed by atoms with van der Waals surface area (Å²) >= 11 is 0. The molecule has 0 saturated carbocycles. The molecule has 0 aliphatic carbocycles. The zero-order valence-electron chi connectivity index (χ0n) is 19.6. The maximum atomic E-state index is 13.0. The van der Waals surface area contributed by atoms with Gasteiger partial charge < -0.3 is 16.2 Å². The first kappa shape index (κ1) is 29.0. The van der Waals surface area contributed by atoms with Gasteiger partial charge in [0.2, 0.25) is 0 Å². The Labute approximate surface area is 212 Å². The molecule has 3 rings (SSSR count). The maximum Gasteiger partial charge on any atom is 0.354 e. The summed E-state index contributed by atoms with van der Waals surface area (Å²) in [4.78, 5) is 33.0. The number of hydrogen-bond donors (Lipinski definition) is 3. The Morgan fingerprint density at radius 3 is 2.18 bits per heavy atom. The molecule has 34 heavy (non-hydrogen) atoms. The van der Waals surface area contributed by atoms with E-state index in [9.17, 15) is 14.7 Å². The van der Waals surface area contributed by atoms with Crippen LogP contribution >= 0.6 is 24.8 Å². The van der Waals surface area contributed by atoms with Crippen LogP contribution in [0, 0.1) is 19.8 Å². The predicted octanol–water partition coefficient (Wildman–Crippen LogP) is 5.21. The number of pyridine rings is 2. The Morgan fingerprint density at radius 1 is 1.00 bits per heavy atom. The molecule has 0 saturated heterocycles. The number of carboxylic acids is 1. The van der Waals surface area contributed by atoms with Gasteiger partial charge in [0.05, 0.1) is 11.4 Å². The number of benzene rings is 1. The van der Waals surface area contributed by atoms with Gasteiger partial charge in [0.15, 0.2) is 0 Å². The summed E-state index contributed by atoms with van der Waals surface area (Å²) in [6.45, 7) is 8.38. The second-order valence-corrected chi connectivity index (χ2v) is 8.21. The standard InChI is InChI=1S/C25H28N4O3.2ClH/c1-14(2)12-21-18(13-26)22(17-10-8-15(3)9-11-17)23(16(4)27-21)29-24(30)19-6-5-7-20(28-19)25(31)32;;/h5-11,14H,12-13,26H2,1-4H3,(H,29,30)(H,31,32);2*1H. The van der Waals surface area contributed by atoms with E-state index < -0.39 is 11.9 Å². The minimum Gasteiger partial charge on any atom is -0.477 e. The first-order valence-electron chi connectivity index (χ1n) is 10.5. The van der Waals surface area contributed by atoms with Crippen LogP contribution in [-0.2, 0) is 13.0 Å². The molecule has 2 aromatic heterocycles. The number of hydrogen-bond acceptors (Lipinski definition) is 5. The lowest BCUT2D eigenvalue weighted by Crippen LogP contribution is -2.19. The fourth-order valence-corrected chi connectivity index (χ4v) is 3.63. The van der Waals surface area contributed by atoms with Crippen molar-refractivity contribution in [3.8, 4) is 11.1 Å². The average molecular weight is 505 g/mol. The number of carbonyl (C=O) groups excluding carboxylic acids is 1. The van der Waals surface area contributed by atoms with Crippen LogP contribution in [0.5, 0.6) is 0 Å². The van der Waals surface area contributed by atoms with E-state index in [2.05, 4.69) is 24.1 Å². The third kappa shape index (κ3) is 6.53. The minimum absolute atomic E-state index is 0. The van der Waals surface area contributed by atoms with Crippen LogP contribution in [-0.4, -0.2) is 27.0 Å². The van der Waals surface area contributed by atoms with Crippen molar-refractivity contribution in [1.82, 2.24) is 9.97 Å². The van der Waals surface area contributed by atoms with Crippen molar-refractivity contribution in [2.45, 2.75) is 40.7 Å². The Balaban J connectivity index is 0.00000289. The molecule has 3 aromatic rings. The largest absolute Gasteiger partial charge is 0.477 e. The molecule has 9 heteroatoms. The number of amides is 1. The molecule has 0 atom stereocenters. The number of nitrogens with one attached hydrogen (secondary N) is 1. The van der Waals surface area contributed by atoms with Crippen LogP contribution in [0.15, 0.2) is 42.5 Å². The van der Waals surface area contributed by atoms with Crippen LogP contribution < -0.4 is 11.1 Å². The van der Waals surface area contributed by atoms with Crippen molar-refractivity contribution in [2.75, 3.05) is 5.32 Å². The highest BCUT2D eigenvalue weighted by Gasteiger charge is 2.22. The van der Waals surface area contributed by atoms with Gasteiger partial charge in [-0.25, -0.2) is 9.78 Å². The van der Waals surface area contributed by atoms with Gasteiger partial charge in [-0.1, -0.05) is 49.7 Å². The van der Waals surface area contributed by atoms with Gasteiger partial charge in [-0.05, 0) is 49.4 Å². The second kappa shape index (κ2) is 12.5. The molecule has 4 N–H and O–H groups in total. The summed E-state index contributed by atoms with van der Waals surface area (Å²) in [7, 11) is 0. The van der Waals surface area contributed by atoms with E-state index in [1.165, 1.54) is 18.2 Å². The van der Waals surface area contributed by atoms with Crippen LogP contribution in [0.3, 0.4) is 0 Å². The molecule has 2 heterocycles. The molecule has 1 aromatic carbocycles. The molecular weight excluding hydrogens is 475 g/mol. The van der Waals surface area contributed by atoms with E-state index in [-0.39, 0.29) is 42.7 Å². The van der Waals surface area contributed by atoms with E-state index >= 15 is 0 Å². The molecule has 0 aliphatic heterocycles. The van der Waals surface area contributed by atoms with E-state index in [0.717, 1.165) is 34.4 Å².